The fraction of sp³-hybridized carbons (Fsp3) is 0.133. The zero-order chi connectivity index (χ0) is 14.5. The summed E-state index contributed by atoms with van der Waals surface area (Å²) >= 11 is 0. The van der Waals surface area contributed by atoms with Gasteiger partial charge in [-0.2, -0.15) is 0 Å². The molecule has 0 aliphatic rings. The molecule has 104 valence electrons. The molecule has 2 aromatic rings. The molecule has 1 amide bonds. The Balaban J connectivity index is 2.22. The molecule has 0 radical (unpaired) electrons. The van der Waals surface area contributed by atoms with Gasteiger partial charge >= 0.3 is 0 Å². The summed E-state index contributed by atoms with van der Waals surface area (Å²) in [5, 5.41) is 2.78. The number of carbonyl (C=O) groups excluding carboxylic acids is 1. The van der Waals surface area contributed by atoms with Crippen LogP contribution in [0, 0.1) is 0 Å². The first kappa shape index (κ1) is 13.7. The second-order valence-electron chi connectivity index (χ2n) is 4.18. The van der Waals surface area contributed by atoms with Crippen LogP contribution in [0.15, 0.2) is 42.5 Å². The molecule has 5 heteroatoms. The molecule has 0 aliphatic heterocycles. The Morgan fingerprint density at radius 3 is 2.05 bits per heavy atom. The third kappa shape index (κ3) is 3.20. The smallest absolute Gasteiger partial charge is 0.255 e. The number of anilines is 2. The van der Waals surface area contributed by atoms with Gasteiger partial charge in [0.1, 0.15) is 11.5 Å². The summed E-state index contributed by atoms with van der Waals surface area (Å²) in [7, 11) is 3.08. The van der Waals surface area contributed by atoms with E-state index in [0.29, 0.717) is 28.4 Å². The van der Waals surface area contributed by atoms with E-state index in [0.717, 1.165) is 0 Å². The highest BCUT2D eigenvalue weighted by Crippen LogP contribution is 2.23. The maximum atomic E-state index is 12.2. The standard InChI is InChI=1S/C15H16N2O3/c1-19-13-7-10(8-14(9-13)20-2)15(18)17-12-5-3-11(16)4-6-12/h3-9H,16H2,1-2H3,(H,17,18). The highest BCUT2D eigenvalue weighted by atomic mass is 16.5. The van der Waals surface area contributed by atoms with Crippen LogP contribution in [-0.4, -0.2) is 20.1 Å². The fourth-order valence-electron chi connectivity index (χ4n) is 1.71. The molecule has 3 N–H and O–H groups in total. The molecule has 0 bridgehead atoms. The zero-order valence-electron chi connectivity index (χ0n) is 11.3. The zero-order valence-corrected chi connectivity index (χ0v) is 11.3. The lowest BCUT2D eigenvalue weighted by Gasteiger charge is -2.09. The minimum atomic E-state index is -0.244. The summed E-state index contributed by atoms with van der Waals surface area (Å²) < 4.78 is 10.3. The minimum absolute atomic E-state index is 0.244. The number of hydrogen-bond donors (Lipinski definition) is 2. The van der Waals surface area contributed by atoms with Gasteiger partial charge in [-0.15, -0.1) is 0 Å². The first-order valence-corrected chi connectivity index (χ1v) is 6.02. The molecule has 0 fully saturated rings. The van der Waals surface area contributed by atoms with Crippen molar-refractivity contribution in [3.8, 4) is 11.5 Å². The Morgan fingerprint density at radius 2 is 1.55 bits per heavy atom. The van der Waals surface area contributed by atoms with E-state index in [1.54, 1.807) is 42.5 Å². The lowest BCUT2D eigenvalue weighted by molar-refractivity contribution is 0.102. The van der Waals surface area contributed by atoms with Gasteiger partial charge in [0.05, 0.1) is 14.2 Å². The molecule has 0 saturated heterocycles. The van der Waals surface area contributed by atoms with Gasteiger partial charge in [0, 0.05) is 23.0 Å². The van der Waals surface area contributed by atoms with E-state index < -0.39 is 0 Å². The number of hydrogen-bond acceptors (Lipinski definition) is 4. The number of methoxy groups -OCH3 is 2. The van der Waals surface area contributed by atoms with Crippen molar-refractivity contribution in [3.05, 3.63) is 48.0 Å². The average Bonchev–Trinajstić information content (AvgIpc) is 2.48. The molecule has 0 unspecified atom stereocenters. The van der Waals surface area contributed by atoms with Crippen LogP contribution < -0.4 is 20.5 Å². The second kappa shape index (κ2) is 5.97. The Kier molecular flexibility index (Phi) is 4.10. The number of rotatable bonds is 4. The minimum Gasteiger partial charge on any atom is -0.497 e. The molecule has 0 atom stereocenters. The molecule has 0 spiro atoms. The van der Waals surface area contributed by atoms with E-state index in [9.17, 15) is 4.79 Å². The first-order valence-electron chi connectivity index (χ1n) is 6.02. The summed E-state index contributed by atoms with van der Waals surface area (Å²) in [5.74, 6) is 0.880. The van der Waals surface area contributed by atoms with Crippen molar-refractivity contribution in [3.63, 3.8) is 0 Å². The number of nitrogen functional groups attached to an aromatic ring is 1. The summed E-state index contributed by atoms with van der Waals surface area (Å²) in [6, 6.07) is 11.9. The van der Waals surface area contributed by atoms with Crippen LogP contribution in [0.4, 0.5) is 11.4 Å². The highest BCUT2D eigenvalue weighted by molar-refractivity contribution is 6.04. The third-order valence-electron chi connectivity index (χ3n) is 2.78. The molecular weight excluding hydrogens is 256 g/mol. The van der Waals surface area contributed by atoms with Crippen LogP contribution in [0.2, 0.25) is 0 Å². The van der Waals surface area contributed by atoms with Crippen LogP contribution in [-0.2, 0) is 0 Å². The Bertz CT molecular complexity index is 587. The van der Waals surface area contributed by atoms with Crippen molar-refractivity contribution in [2.24, 2.45) is 0 Å². The lowest BCUT2D eigenvalue weighted by Crippen LogP contribution is -2.12. The maximum absolute atomic E-state index is 12.2. The number of benzene rings is 2. The van der Waals surface area contributed by atoms with E-state index in [4.69, 9.17) is 15.2 Å². The predicted octanol–water partition coefficient (Wildman–Crippen LogP) is 2.54. The van der Waals surface area contributed by atoms with Crippen molar-refractivity contribution >= 4 is 17.3 Å². The number of amides is 1. The number of carbonyl (C=O) groups is 1. The Hall–Kier alpha value is -2.69. The topological polar surface area (TPSA) is 73.6 Å². The first-order chi connectivity index (χ1) is 9.62. The number of ether oxygens (including phenoxy) is 2. The average molecular weight is 272 g/mol. The van der Waals surface area contributed by atoms with Gasteiger partial charge in [-0.25, -0.2) is 0 Å². The van der Waals surface area contributed by atoms with E-state index >= 15 is 0 Å². The molecule has 0 aliphatic carbocycles. The largest absolute Gasteiger partial charge is 0.497 e. The van der Waals surface area contributed by atoms with Crippen molar-refractivity contribution in [1.29, 1.82) is 0 Å². The SMILES string of the molecule is COc1cc(OC)cc(C(=O)Nc2ccc(N)cc2)c1. The summed E-state index contributed by atoms with van der Waals surface area (Å²) in [6.45, 7) is 0. The Morgan fingerprint density at radius 1 is 1.00 bits per heavy atom. The predicted molar refractivity (Wildman–Crippen MR) is 78.4 cm³/mol. The third-order valence-corrected chi connectivity index (χ3v) is 2.78. The molecule has 0 heterocycles. The van der Waals surface area contributed by atoms with Crippen LogP contribution in [0.1, 0.15) is 10.4 Å². The normalized spacial score (nSPS) is 9.90. The van der Waals surface area contributed by atoms with Gasteiger partial charge in [-0.3, -0.25) is 4.79 Å². The van der Waals surface area contributed by atoms with Crippen LogP contribution in [0.25, 0.3) is 0 Å². The van der Waals surface area contributed by atoms with Gasteiger partial charge < -0.3 is 20.5 Å². The quantitative estimate of drug-likeness (QED) is 0.839. The summed E-state index contributed by atoms with van der Waals surface area (Å²) in [5.41, 5.74) is 7.37. The van der Waals surface area contributed by atoms with Crippen LogP contribution in [0.3, 0.4) is 0 Å². The van der Waals surface area contributed by atoms with Crippen molar-refractivity contribution in [1.82, 2.24) is 0 Å². The number of nitrogens with one attached hydrogen (secondary N) is 1. The van der Waals surface area contributed by atoms with Gasteiger partial charge in [0.2, 0.25) is 0 Å². The molecule has 2 aromatic carbocycles. The lowest BCUT2D eigenvalue weighted by atomic mass is 10.1. The Labute approximate surface area is 117 Å². The van der Waals surface area contributed by atoms with Gasteiger partial charge in [0.15, 0.2) is 0 Å². The molecule has 0 aromatic heterocycles. The molecular formula is C15H16N2O3. The monoisotopic (exact) mass is 272 g/mol. The summed E-state index contributed by atoms with van der Waals surface area (Å²) in [6.07, 6.45) is 0. The van der Waals surface area contributed by atoms with Gasteiger partial charge in [0.25, 0.3) is 5.91 Å². The molecule has 5 nitrogen and oxygen atoms in total. The van der Waals surface area contributed by atoms with Crippen LogP contribution in [0.5, 0.6) is 11.5 Å². The van der Waals surface area contributed by atoms with Crippen molar-refractivity contribution in [2.45, 2.75) is 0 Å². The van der Waals surface area contributed by atoms with E-state index in [-0.39, 0.29) is 5.91 Å². The summed E-state index contributed by atoms with van der Waals surface area (Å²) in [4.78, 5) is 12.2. The fourth-order valence-corrected chi connectivity index (χ4v) is 1.71. The molecule has 0 saturated carbocycles. The highest BCUT2D eigenvalue weighted by Gasteiger charge is 2.10. The van der Waals surface area contributed by atoms with Gasteiger partial charge in [-0.05, 0) is 36.4 Å². The number of nitrogens with two attached hydrogens (primary N) is 1. The second-order valence-corrected chi connectivity index (χ2v) is 4.18. The van der Waals surface area contributed by atoms with E-state index in [1.807, 2.05) is 0 Å². The van der Waals surface area contributed by atoms with Gasteiger partial charge in [-0.1, -0.05) is 0 Å². The van der Waals surface area contributed by atoms with Crippen molar-refractivity contribution in [2.75, 3.05) is 25.3 Å². The van der Waals surface area contributed by atoms with E-state index in [1.165, 1.54) is 14.2 Å². The maximum Gasteiger partial charge on any atom is 0.255 e. The van der Waals surface area contributed by atoms with Crippen molar-refractivity contribution < 1.29 is 14.3 Å². The molecule has 2 rings (SSSR count). The van der Waals surface area contributed by atoms with E-state index in [2.05, 4.69) is 5.32 Å². The molecule has 20 heavy (non-hydrogen) atoms. The van der Waals surface area contributed by atoms with Crippen LogP contribution >= 0.6 is 0 Å².